The van der Waals surface area contributed by atoms with Crippen LogP contribution in [0.2, 0.25) is 0 Å². The Kier molecular flexibility index (Phi) is 4.70. The Hall–Kier alpha value is -1.83. The molecule has 7 nitrogen and oxygen atoms in total. The fourth-order valence-electron chi connectivity index (χ4n) is 3.07. The number of aromatic nitrogens is 1. The summed E-state index contributed by atoms with van der Waals surface area (Å²) in [7, 11) is 0. The molecule has 2 fully saturated rings. The molecule has 8 heteroatoms. The van der Waals surface area contributed by atoms with Crippen LogP contribution in [0.15, 0.2) is 5.38 Å². The van der Waals surface area contributed by atoms with Gasteiger partial charge in [0, 0.05) is 24.0 Å². The van der Waals surface area contributed by atoms with Crippen molar-refractivity contribution < 1.29 is 9.59 Å². The third-order valence-corrected chi connectivity index (χ3v) is 5.16. The lowest BCUT2D eigenvalue weighted by atomic mass is 10.0. The molecule has 0 aromatic carbocycles. The number of anilines is 1. The minimum absolute atomic E-state index is 0.128. The molecule has 2 heterocycles. The van der Waals surface area contributed by atoms with E-state index in [1.165, 1.54) is 29.2 Å². The molecule has 1 aromatic heterocycles. The Morgan fingerprint density at radius 3 is 2.96 bits per heavy atom. The number of hydrogen-bond acceptors (Lipinski definition) is 5. The van der Waals surface area contributed by atoms with Crippen LogP contribution in [-0.2, 0) is 11.2 Å². The minimum Gasteiger partial charge on any atom is -0.356 e. The molecular weight excluding hydrogens is 314 g/mol. The Bertz CT molecular complexity index is 582. The molecule has 1 aromatic rings. The average molecular weight is 337 g/mol. The summed E-state index contributed by atoms with van der Waals surface area (Å²) in [6.45, 7) is 3.42. The summed E-state index contributed by atoms with van der Waals surface area (Å²) in [5, 5.41) is 10.3. The molecule has 23 heavy (non-hydrogen) atoms. The normalized spacial score (nSPS) is 20.2. The molecule has 0 spiro atoms. The lowest BCUT2D eigenvalue weighted by Gasteiger charge is -2.27. The van der Waals surface area contributed by atoms with E-state index in [2.05, 4.69) is 28.0 Å². The second-order valence-electron chi connectivity index (χ2n) is 6.49. The lowest BCUT2D eigenvalue weighted by molar-refractivity contribution is -0.124. The second kappa shape index (κ2) is 6.74. The number of urea groups is 1. The van der Waals surface area contributed by atoms with Crippen LogP contribution in [0.4, 0.5) is 9.93 Å². The summed E-state index contributed by atoms with van der Waals surface area (Å²) in [6, 6.07) is -0.251. The molecule has 1 aliphatic carbocycles. The van der Waals surface area contributed by atoms with E-state index in [1.54, 1.807) is 0 Å². The standard InChI is InChI=1S/C15H23N5O2S/c1-15(5-2-3-6-15)18-13-17-11(10-23-13)9-12(21)19-20-8-4-7-16-14(20)22/h10H,2-9H2,1H3,(H,16,22)(H,17,18)(H,19,21). The van der Waals surface area contributed by atoms with Crippen molar-refractivity contribution in [3.05, 3.63) is 11.1 Å². The molecule has 0 atom stereocenters. The first kappa shape index (κ1) is 16.0. The molecule has 3 N–H and O–H groups in total. The Morgan fingerprint density at radius 2 is 2.22 bits per heavy atom. The number of amides is 3. The van der Waals surface area contributed by atoms with Gasteiger partial charge in [-0.05, 0) is 26.2 Å². The van der Waals surface area contributed by atoms with E-state index in [0.29, 0.717) is 13.1 Å². The van der Waals surface area contributed by atoms with E-state index in [0.717, 1.165) is 30.1 Å². The quantitative estimate of drug-likeness (QED) is 0.766. The highest BCUT2D eigenvalue weighted by molar-refractivity contribution is 7.13. The highest BCUT2D eigenvalue weighted by atomic mass is 32.1. The summed E-state index contributed by atoms with van der Waals surface area (Å²) in [4.78, 5) is 28.1. The van der Waals surface area contributed by atoms with Gasteiger partial charge in [0.2, 0.25) is 5.91 Å². The zero-order chi connectivity index (χ0) is 16.3. The Labute approximate surface area is 139 Å². The van der Waals surface area contributed by atoms with Crippen molar-refractivity contribution in [2.45, 2.75) is 51.0 Å². The third-order valence-electron chi connectivity index (χ3n) is 4.35. The SMILES string of the molecule is CC1(Nc2nc(CC(=O)NN3CCCNC3=O)cs2)CCCC1. The van der Waals surface area contributed by atoms with Crippen LogP contribution in [0, 0.1) is 0 Å². The highest BCUT2D eigenvalue weighted by Crippen LogP contribution is 2.33. The van der Waals surface area contributed by atoms with Gasteiger partial charge < -0.3 is 10.6 Å². The number of hydrazine groups is 1. The van der Waals surface area contributed by atoms with Crippen molar-refractivity contribution in [2.75, 3.05) is 18.4 Å². The summed E-state index contributed by atoms with van der Waals surface area (Å²) in [5.41, 5.74) is 3.49. The van der Waals surface area contributed by atoms with Crippen molar-refractivity contribution in [2.24, 2.45) is 0 Å². The molecule has 0 unspecified atom stereocenters. The van der Waals surface area contributed by atoms with Crippen LogP contribution < -0.4 is 16.1 Å². The first-order valence-corrected chi connectivity index (χ1v) is 8.99. The van der Waals surface area contributed by atoms with Crippen LogP contribution >= 0.6 is 11.3 Å². The number of carbonyl (C=O) groups is 2. The van der Waals surface area contributed by atoms with Crippen molar-refractivity contribution in [3.8, 4) is 0 Å². The van der Waals surface area contributed by atoms with Gasteiger partial charge in [0.1, 0.15) is 0 Å². The minimum atomic E-state index is -0.251. The van der Waals surface area contributed by atoms with Crippen LogP contribution in [0.1, 0.15) is 44.7 Å². The molecule has 1 saturated heterocycles. The van der Waals surface area contributed by atoms with E-state index < -0.39 is 0 Å². The molecule has 126 valence electrons. The molecule has 3 amide bonds. The van der Waals surface area contributed by atoms with Crippen LogP contribution in [0.3, 0.4) is 0 Å². The van der Waals surface area contributed by atoms with Crippen molar-refractivity contribution >= 4 is 28.4 Å². The molecule has 2 aliphatic rings. The van der Waals surface area contributed by atoms with Crippen LogP contribution in [0.5, 0.6) is 0 Å². The second-order valence-corrected chi connectivity index (χ2v) is 7.34. The van der Waals surface area contributed by atoms with Crippen LogP contribution in [-0.4, -0.2) is 40.6 Å². The Balaban J connectivity index is 1.52. The van der Waals surface area contributed by atoms with E-state index in [4.69, 9.17) is 0 Å². The van der Waals surface area contributed by atoms with Gasteiger partial charge in [-0.25, -0.2) is 14.8 Å². The maximum atomic E-state index is 12.1. The van der Waals surface area contributed by atoms with Gasteiger partial charge >= 0.3 is 6.03 Å². The molecular formula is C15H23N5O2S. The lowest BCUT2D eigenvalue weighted by Crippen LogP contribution is -2.55. The van der Waals surface area contributed by atoms with Crippen LogP contribution in [0.25, 0.3) is 0 Å². The number of carbonyl (C=O) groups excluding carboxylic acids is 2. The van der Waals surface area contributed by atoms with Gasteiger partial charge in [0.05, 0.1) is 12.1 Å². The van der Waals surface area contributed by atoms with Gasteiger partial charge in [0.15, 0.2) is 5.13 Å². The number of rotatable bonds is 5. The predicted molar refractivity (Wildman–Crippen MR) is 89.2 cm³/mol. The number of nitrogens with zero attached hydrogens (tertiary/aromatic N) is 2. The first-order valence-electron chi connectivity index (χ1n) is 8.12. The van der Waals surface area contributed by atoms with E-state index in [-0.39, 0.29) is 23.9 Å². The molecule has 1 aliphatic heterocycles. The van der Waals surface area contributed by atoms with Gasteiger partial charge in [-0.2, -0.15) is 0 Å². The fraction of sp³-hybridized carbons (Fsp3) is 0.667. The maximum absolute atomic E-state index is 12.1. The smallest absolute Gasteiger partial charge is 0.336 e. The van der Waals surface area contributed by atoms with Crippen molar-refractivity contribution in [3.63, 3.8) is 0 Å². The molecule has 0 radical (unpaired) electrons. The van der Waals surface area contributed by atoms with Crippen molar-refractivity contribution in [1.82, 2.24) is 20.7 Å². The predicted octanol–water partition coefficient (Wildman–Crippen LogP) is 1.88. The van der Waals surface area contributed by atoms with Crippen molar-refractivity contribution in [1.29, 1.82) is 0 Å². The highest BCUT2D eigenvalue weighted by Gasteiger charge is 2.29. The summed E-state index contributed by atoms with van der Waals surface area (Å²) >= 11 is 1.53. The molecule has 1 saturated carbocycles. The largest absolute Gasteiger partial charge is 0.356 e. The number of nitrogens with one attached hydrogen (secondary N) is 3. The van der Waals surface area contributed by atoms with Gasteiger partial charge in [-0.1, -0.05) is 12.8 Å². The zero-order valence-corrected chi connectivity index (χ0v) is 14.2. The monoisotopic (exact) mass is 337 g/mol. The fourth-order valence-corrected chi connectivity index (χ4v) is 3.93. The van der Waals surface area contributed by atoms with E-state index in [9.17, 15) is 9.59 Å². The number of thiazole rings is 1. The summed E-state index contributed by atoms with van der Waals surface area (Å²) in [6.07, 6.45) is 5.83. The first-order chi connectivity index (χ1) is 11.0. The summed E-state index contributed by atoms with van der Waals surface area (Å²) < 4.78 is 0. The van der Waals surface area contributed by atoms with Gasteiger partial charge in [-0.3, -0.25) is 10.2 Å². The zero-order valence-electron chi connectivity index (χ0n) is 13.4. The average Bonchev–Trinajstić information content (AvgIpc) is 3.11. The van der Waals surface area contributed by atoms with E-state index >= 15 is 0 Å². The maximum Gasteiger partial charge on any atom is 0.336 e. The third kappa shape index (κ3) is 4.13. The summed E-state index contributed by atoms with van der Waals surface area (Å²) in [5.74, 6) is -0.217. The van der Waals surface area contributed by atoms with Gasteiger partial charge in [-0.15, -0.1) is 11.3 Å². The van der Waals surface area contributed by atoms with E-state index in [1.807, 2.05) is 5.38 Å². The molecule has 3 rings (SSSR count). The molecule has 0 bridgehead atoms. The Morgan fingerprint density at radius 1 is 1.43 bits per heavy atom. The number of hydrogen-bond donors (Lipinski definition) is 3. The topological polar surface area (TPSA) is 86.4 Å². The van der Waals surface area contributed by atoms with Gasteiger partial charge in [0.25, 0.3) is 0 Å².